The van der Waals surface area contributed by atoms with Crippen molar-refractivity contribution in [1.82, 2.24) is 14.5 Å². The van der Waals surface area contributed by atoms with Gasteiger partial charge in [-0.15, -0.1) is 0 Å². The Morgan fingerprint density at radius 3 is 2.45 bits per heavy atom. The highest BCUT2D eigenvalue weighted by atomic mass is 15.1. The zero-order valence-electron chi connectivity index (χ0n) is 12.4. The lowest BCUT2D eigenvalue weighted by atomic mass is 10.0. The monoisotopic (exact) mass is 288 g/mol. The standard InChI is InChI=1S/C18H16N4/c1-14-20-10-11-22(14)18-12-16(8-9-21-18)5-2-15-3-6-17(13-19)7-4-15/h3-4,6-12H,2,5H2,1H3. The highest BCUT2D eigenvalue weighted by Gasteiger charge is 2.03. The average Bonchev–Trinajstić information content (AvgIpc) is 3.00. The lowest BCUT2D eigenvalue weighted by molar-refractivity contribution is 0.907. The average molecular weight is 288 g/mol. The Kier molecular flexibility index (Phi) is 3.97. The first kappa shape index (κ1) is 14.0. The Bertz CT molecular complexity index is 810. The van der Waals surface area contributed by atoms with Crippen LogP contribution in [0, 0.1) is 18.3 Å². The fourth-order valence-electron chi connectivity index (χ4n) is 2.40. The van der Waals surface area contributed by atoms with Crippen LogP contribution in [0.3, 0.4) is 0 Å². The van der Waals surface area contributed by atoms with E-state index in [0.717, 1.165) is 24.5 Å². The summed E-state index contributed by atoms with van der Waals surface area (Å²) in [6.45, 7) is 1.96. The molecule has 0 amide bonds. The van der Waals surface area contributed by atoms with Gasteiger partial charge < -0.3 is 0 Å². The van der Waals surface area contributed by atoms with Gasteiger partial charge in [-0.25, -0.2) is 9.97 Å². The van der Waals surface area contributed by atoms with Crippen LogP contribution in [0.5, 0.6) is 0 Å². The maximum atomic E-state index is 8.82. The summed E-state index contributed by atoms with van der Waals surface area (Å²) in [5.74, 6) is 1.82. The summed E-state index contributed by atoms with van der Waals surface area (Å²) < 4.78 is 1.98. The summed E-state index contributed by atoms with van der Waals surface area (Å²) in [5.41, 5.74) is 3.17. The van der Waals surface area contributed by atoms with Gasteiger partial charge in [0, 0.05) is 18.6 Å². The molecule has 0 fully saturated rings. The van der Waals surface area contributed by atoms with Crippen molar-refractivity contribution in [3.63, 3.8) is 0 Å². The molecule has 108 valence electrons. The van der Waals surface area contributed by atoms with E-state index in [1.807, 2.05) is 54.2 Å². The highest BCUT2D eigenvalue weighted by molar-refractivity contribution is 5.33. The van der Waals surface area contributed by atoms with Crippen LogP contribution in [-0.4, -0.2) is 14.5 Å². The summed E-state index contributed by atoms with van der Waals surface area (Å²) in [6, 6.07) is 14.0. The molecule has 4 nitrogen and oxygen atoms in total. The van der Waals surface area contributed by atoms with Gasteiger partial charge in [0.15, 0.2) is 0 Å². The predicted molar refractivity (Wildman–Crippen MR) is 84.7 cm³/mol. The molecule has 2 heterocycles. The first-order chi connectivity index (χ1) is 10.8. The van der Waals surface area contributed by atoms with Gasteiger partial charge in [0.2, 0.25) is 0 Å². The molecule has 22 heavy (non-hydrogen) atoms. The van der Waals surface area contributed by atoms with E-state index >= 15 is 0 Å². The Morgan fingerprint density at radius 1 is 1.00 bits per heavy atom. The molecule has 0 spiro atoms. The molecule has 0 aliphatic heterocycles. The lowest BCUT2D eigenvalue weighted by Gasteiger charge is -2.07. The van der Waals surface area contributed by atoms with Crippen molar-refractivity contribution < 1.29 is 0 Å². The van der Waals surface area contributed by atoms with E-state index in [1.54, 1.807) is 6.20 Å². The maximum absolute atomic E-state index is 8.82. The van der Waals surface area contributed by atoms with E-state index in [4.69, 9.17) is 5.26 Å². The number of hydrogen-bond donors (Lipinski definition) is 0. The molecule has 0 aliphatic rings. The van der Waals surface area contributed by atoms with Gasteiger partial charge >= 0.3 is 0 Å². The van der Waals surface area contributed by atoms with Crippen LogP contribution in [0.1, 0.15) is 22.5 Å². The molecule has 1 aromatic carbocycles. The minimum absolute atomic E-state index is 0.700. The number of nitriles is 1. The fraction of sp³-hybridized carbons (Fsp3) is 0.167. The Labute approximate surface area is 129 Å². The van der Waals surface area contributed by atoms with E-state index in [1.165, 1.54) is 11.1 Å². The number of aryl methyl sites for hydroxylation is 3. The van der Waals surface area contributed by atoms with Crippen LogP contribution in [0.15, 0.2) is 55.0 Å². The first-order valence-electron chi connectivity index (χ1n) is 7.20. The van der Waals surface area contributed by atoms with Crippen LogP contribution >= 0.6 is 0 Å². The third-order valence-corrected chi connectivity index (χ3v) is 3.67. The number of benzene rings is 1. The number of pyridine rings is 1. The van der Waals surface area contributed by atoms with Crippen molar-refractivity contribution in [3.8, 4) is 11.9 Å². The Hall–Kier alpha value is -2.93. The second-order valence-electron chi connectivity index (χ2n) is 5.18. The molecule has 0 saturated carbocycles. The van der Waals surface area contributed by atoms with E-state index in [2.05, 4.69) is 22.1 Å². The molecule has 3 aromatic rings. The molecule has 4 heteroatoms. The van der Waals surface area contributed by atoms with E-state index in [9.17, 15) is 0 Å². The molecule has 0 N–H and O–H groups in total. The number of hydrogen-bond acceptors (Lipinski definition) is 3. The van der Waals surface area contributed by atoms with Crippen LogP contribution < -0.4 is 0 Å². The molecule has 0 radical (unpaired) electrons. The van der Waals surface area contributed by atoms with Crippen molar-refractivity contribution in [1.29, 1.82) is 5.26 Å². The SMILES string of the molecule is Cc1nccn1-c1cc(CCc2ccc(C#N)cc2)ccn1. The minimum Gasteiger partial charge on any atom is -0.288 e. The van der Waals surface area contributed by atoms with Crippen molar-refractivity contribution in [2.24, 2.45) is 0 Å². The zero-order valence-corrected chi connectivity index (χ0v) is 12.4. The Balaban J connectivity index is 1.73. The van der Waals surface area contributed by atoms with Crippen LogP contribution in [-0.2, 0) is 12.8 Å². The molecule has 0 bridgehead atoms. The third-order valence-electron chi connectivity index (χ3n) is 3.67. The number of aromatic nitrogens is 3. The summed E-state index contributed by atoms with van der Waals surface area (Å²) in [4.78, 5) is 8.64. The van der Waals surface area contributed by atoms with Gasteiger partial charge in [-0.3, -0.25) is 4.57 Å². The largest absolute Gasteiger partial charge is 0.288 e. The van der Waals surface area contributed by atoms with Crippen LogP contribution in [0.4, 0.5) is 0 Å². The third kappa shape index (κ3) is 3.04. The summed E-state index contributed by atoms with van der Waals surface area (Å²) in [7, 11) is 0. The van der Waals surface area contributed by atoms with Crippen molar-refractivity contribution in [3.05, 3.63) is 77.5 Å². The van der Waals surface area contributed by atoms with Gasteiger partial charge in [-0.05, 0) is 55.2 Å². The molecular formula is C18H16N4. The molecule has 0 unspecified atom stereocenters. The minimum atomic E-state index is 0.700. The molecule has 0 aliphatic carbocycles. The van der Waals surface area contributed by atoms with Crippen molar-refractivity contribution >= 4 is 0 Å². The number of nitrogens with zero attached hydrogens (tertiary/aromatic N) is 4. The van der Waals surface area contributed by atoms with E-state index < -0.39 is 0 Å². The predicted octanol–water partition coefficient (Wildman–Crippen LogP) is 3.23. The lowest BCUT2D eigenvalue weighted by Crippen LogP contribution is -2.00. The van der Waals surface area contributed by atoms with Gasteiger partial charge in [0.1, 0.15) is 11.6 Å². The topological polar surface area (TPSA) is 54.5 Å². The summed E-state index contributed by atoms with van der Waals surface area (Å²) in [5, 5.41) is 8.82. The van der Waals surface area contributed by atoms with Crippen molar-refractivity contribution in [2.75, 3.05) is 0 Å². The number of imidazole rings is 1. The smallest absolute Gasteiger partial charge is 0.138 e. The van der Waals surface area contributed by atoms with E-state index in [-0.39, 0.29) is 0 Å². The van der Waals surface area contributed by atoms with Crippen molar-refractivity contribution in [2.45, 2.75) is 19.8 Å². The zero-order chi connectivity index (χ0) is 15.4. The fourth-order valence-corrected chi connectivity index (χ4v) is 2.40. The quantitative estimate of drug-likeness (QED) is 0.740. The summed E-state index contributed by atoms with van der Waals surface area (Å²) >= 11 is 0. The highest BCUT2D eigenvalue weighted by Crippen LogP contribution is 2.12. The van der Waals surface area contributed by atoms with Crippen LogP contribution in [0.2, 0.25) is 0 Å². The van der Waals surface area contributed by atoms with Crippen LogP contribution in [0.25, 0.3) is 5.82 Å². The molecule has 0 atom stereocenters. The first-order valence-corrected chi connectivity index (χ1v) is 7.20. The van der Waals surface area contributed by atoms with E-state index in [0.29, 0.717) is 5.56 Å². The maximum Gasteiger partial charge on any atom is 0.138 e. The van der Waals surface area contributed by atoms with Gasteiger partial charge in [-0.1, -0.05) is 12.1 Å². The van der Waals surface area contributed by atoms with Gasteiger partial charge in [0.05, 0.1) is 11.6 Å². The number of rotatable bonds is 4. The molecular weight excluding hydrogens is 272 g/mol. The Morgan fingerprint density at radius 2 is 1.77 bits per heavy atom. The van der Waals surface area contributed by atoms with Gasteiger partial charge in [0.25, 0.3) is 0 Å². The normalized spacial score (nSPS) is 10.4. The second-order valence-corrected chi connectivity index (χ2v) is 5.18. The second kappa shape index (κ2) is 6.23. The molecule has 2 aromatic heterocycles. The van der Waals surface area contributed by atoms with Gasteiger partial charge in [-0.2, -0.15) is 5.26 Å². The molecule has 0 saturated heterocycles. The summed E-state index contributed by atoms with van der Waals surface area (Å²) in [6.07, 6.45) is 7.42. The molecule has 3 rings (SSSR count).